The van der Waals surface area contributed by atoms with Crippen molar-refractivity contribution >= 4 is 17.5 Å². The number of carbonyl (C=O) groups excluding carboxylic acids is 1. The van der Waals surface area contributed by atoms with Crippen molar-refractivity contribution in [2.45, 2.75) is 25.8 Å². The molecule has 2 saturated heterocycles. The fourth-order valence-electron chi connectivity index (χ4n) is 4.74. The smallest absolute Gasteiger partial charge is 0.378 e. The Kier molecular flexibility index (Phi) is 7.26. The second kappa shape index (κ2) is 10.6. The lowest BCUT2D eigenvalue weighted by Crippen LogP contribution is -2.36. The summed E-state index contributed by atoms with van der Waals surface area (Å²) in [5, 5.41) is 7.11. The van der Waals surface area contributed by atoms with Crippen molar-refractivity contribution in [2.24, 2.45) is 7.05 Å². The number of pyridine rings is 1. The van der Waals surface area contributed by atoms with E-state index in [-0.39, 0.29) is 19.5 Å². The molecule has 3 aromatic rings. The number of ether oxygens (including phenoxy) is 2. The fraction of sp³-hybridized carbons (Fsp3) is 0.423. The predicted octanol–water partition coefficient (Wildman–Crippen LogP) is 4.44. The first kappa shape index (κ1) is 26.0. The van der Waals surface area contributed by atoms with Crippen molar-refractivity contribution < 1.29 is 27.4 Å². The van der Waals surface area contributed by atoms with Gasteiger partial charge < -0.3 is 19.9 Å². The quantitative estimate of drug-likeness (QED) is 0.525. The lowest BCUT2D eigenvalue weighted by atomic mass is 9.98. The largest absolute Gasteiger partial charge is 0.522 e. The number of benzene rings is 1. The van der Waals surface area contributed by atoms with Crippen molar-refractivity contribution in [3.63, 3.8) is 0 Å². The van der Waals surface area contributed by atoms with Crippen molar-refractivity contribution in [1.29, 1.82) is 0 Å². The van der Waals surface area contributed by atoms with Crippen LogP contribution in [0.25, 0.3) is 22.4 Å². The first-order chi connectivity index (χ1) is 18.1. The zero-order chi connectivity index (χ0) is 26.9. The summed E-state index contributed by atoms with van der Waals surface area (Å²) in [6, 6.07) is 9.12. The predicted molar refractivity (Wildman–Crippen MR) is 136 cm³/mol. The Morgan fingerprint density at radius 1 is 1.13 bits per heavy atom. The average Bonchev–Trinajstić information content (AvgIpc) is 3.53. The van der Waals surface area contributed by atoms with Gasteiger partial charge in [0.1, 0.15) is 5.82 Å². The highest BCUT2D eigenvalue weighted by atomic mass is 19.4. The molecule has 1 atom stereocenters. The molecule has 0 aliphatic carbocycles. The maximum absolute atomic E-state index is 12.8. The van der Waals surface area contributed by atoms with Gasteiger partial charge in [-0.1, -0.05) is 6.07 Å². The van der Waals surface area contributed by atoms with Crippen LogP contribution in [0.5, 0.6) is 0 Å². The van der Waals surface area contributed by atoms with Gasteiger partial charge in [0.2, 0.25) is 0 Å². The van der Waals surface area contributed by atoms with Gasteiger partial charge in [0.05, 0.1) is 31.2 Å². The molecule has 1 aromatic carbocycles. The summed E-state index contributed by atoms with van der Waals surface area (Å²) in [5.74, 6) is 0.825. The van der Waals surface area contributed by atoms with Crippen LogP contribution >= 0.6 is 0 Å². The number of aromatic nitrogens is 3. The number of hydrogen-bond donors (Lipinski definition) is 1. The van der Waals surface area contributed by atoms with Crippen molar-refractivity contribution in [3.05, 3.63) is 48.3 Å². The molecule has 4 heterocycles. The number of alkyl halides is 3. The molecule has 2 amide bonds. The molecule has 0 unspecified atom stereocenters. The Morgan fingerprint density at radius 2 is 1.92 bits per heavy atom. The van der Waals surface area contributed by atoms with Crippen LogP contribution in [0, 0.1) is 6.92 Å². The number of amides is 2. The zero-order valence-electron chi connectivity index (χ0n) is 21.2. The Hall–Kier alpha value is -3.64. The maximum Gasteiger partial charge on any atom is 0.522 e. The van der Waals surface area contributed by atoms with Crippen LogP contribution in [0.1, 0.15) is 12.0 Å². The van der Waals surface area contributed by atoms with E-state index in [9.17, 15) is 18.0 Å². The highest BCUT2D eigenvalue weighted by Gasteiger charge is 2.37. The van der Waals surface area contributed by atoms with Gasteiger partial charge in [-0.3, -0.25) is 9.42 Å². The van der Waals surface area contributed by atoms with Gasteiger partial charge >= 0.3 is 12.4 Å². The van der Waals surface area contributed by atoms with E-state index in [4.69, 9.17) is 9.72 Å². The van der Waals surface area contributed by atoms with Crippen LogP contribution in [-0.4, -0.2) is 77.6 Å². The van der Waals surface area contributed by atoms with E-state index in [1.165, 1.54) is 4.90 Å². The summed E-state index contributed by atoms with van der Waals surface area (Å²) in [5.41, 5.74) is 5.04. The third kappa shape index (κ3) is 6.08. The van der Waals surface area contributed by atoms with E-state index in [2.05, 4.69) is 20.1 Å². The third-order valence-corrected chi connectivity index (χ3v) is 6.68. The van der Waals surface area contributed by atoms with Gasteiger partial charge in [0.15, 0.2) is 0 Å². The molecule has 5 rings (SSSR count). The molecule has 2 aliphatic heterocycles. The molecule has 0 radical (unpaired) electrons. The van der Waals surface area contributed by atoms with Crippen molar-refractivity contribution in [1.82, 2.24) is 19.7 Å². The fourth-order valence-corrected chi connectivity index (χ4v) is 4.74. The molecule has 0 spiro atoms. The third-order valence-electron chi connectivity index (χ3n) is 6.68. The van der Waals surface area contributed by atoms with Gasteiger partial charge in [-0.15, -0.1) is 13.2 Å². The Balaban J connectivity index is 1.41. The van der Waals surface area contributed by atoms with Crippen LogP contribution < -0.4 is 10.2 Å². The van der Waals surface area contributed by atoms with E-state index in [1.54, 1.807) is 16.9 Å². The lowest BCUT2D eigenvalue weighted by molar-refractivity contribution is -0.340. The van der Waals surface area contributed by atoms with Gasteiger partial charge in [-0.25, -0.2) is 9.78 Å². The zero-order valence-corrected chi connectivity index (χ0v) is 21.2. The minimum atomic E-state index is -4.72. The van der Waals surface area contributed by atoms with E-state index < -0.39 is 18.5 Å². The monoisotopic (exact) mass is 530 g/mol. The number of urea groups is 1. The van der Waals surface area contributed by atoms with E-state index in [1.807, 2.05) is 44.4 Å². The van der Waals surface area contributed by atoms with Crippen molar-refractivity contribution in [3.8, 4) is 22.4 Å². The summed E-state index contributed by atoms with van der Waals surface area (Å²) in [6.45, 7) is 4.76. The normalized spacial score (nSPS) is 18.2. The van der Waals surface area contributed by atoms with Gasteiger partial charge in [-0.2, -0.15) is 5.10 Å². The molecule has 0 bridgehead atoms. The van der Waals surface area contributed by atoms with Crippen LogP contribution in [0.4, 0.5) is 29.5 Å². The van der Waals surface area contributed by atoms with E-state index in [0.717, 1.165) is 46.9 Å². The summed E-state index contributed by atoms with van der Waals surface area (Å²) in [4.78, 5) is 21.2. The number of likely N-dealkylation sites (tertiary alicyclic amines) is 1. The van der Waals surface area contributed by atoms with Crippen LogP contribution in [-0.2, 0) is 16.5 Å². The molecule has 202 valence electrons. The molecule has 0 saturated carbocycles. The highest BCUT2D eigenvalue weighted by molar-refractivity contribution is 5.91. The summed E-state index contributed by atoms with van der Waals surface area (Å²) in [7, 11) is 1.85. The molecule has 2 aromatic heterocycles. The molecule has 9 nitrogen and oxygen atoms in total. The first-order valence-electron chi connectivity index (χ1n) is 12.4. The topological polar surface area (TPSA) is 84.8 Å². The Labute approximate surface area is 218 Å². The molecule has 2 fully saturated rings. The number of hydrogen-bond acceptors (Lipinski definition) is 6. The number of anilines is 2. The number of rotatable bonds is 5. The van der Waals surface area contributed by atoms with Crippen LogP contribution in [0.3, 0.4) is 0 Å². The second-order valence-corrected chi connectivity index (χ2v) is 9.48. The molecule has 38 heavy (non-hydrogen) atoms. The molecular weight excluding hydrogens is 501 g/mol. The standard InChI is InChI=1S/C26H29F3N6O3/c1-17-3-4-20(31-25(36)35-6-5-21(16-35)38-26(27,28)29)13-22(17)18-11-23(19-14-30-33(2)15-19)32-24(12-18)34-7-9-37-10-8-34/h3-4,11-15,21H,5-10,16H2,1-2H3,(H,31,36)/t21-/m1/s1. The van der Waals surface area contributed by atoms with Gasteiger partial charge in [0.25, 0.3) is 0 Å². The van der Waals surface area contributed by atoms with Gasteiger partial charge in [0, 0.05) is 50.7 Å². The highest BCUT2D eigenvalue weighted by Crippen LogP contribution is 2.33. The summed E-state index contributed by atoms with van der Waals surface area (Å²) < 4.78 is 49.0. The SMILES string of the molecule is Cc1ccc(NC(=O)N2CC[C@@H](OC(F)(F)F)C2)cc1-c1cc(-c2cnn(C)c2)nc(N2CCOCC2)c1. The first-order valence-corrected chi connectivity index (χ1v) is 12.4. The molecule has 1 N–H and O–H groups in total. The van der Waals surface area contributed by atoms with E-state index >= 15 is 0 Å². The van der Waals surface area contributed by atoms with E-state index in [0.29, 0.717) is 18.9 Å². The Morgan fingerprint density at radius 3 is 2.63 bits per heavy atom. The second-order valence-electron chi connectivity index (χ2n) is 9.48. The Bertz CT molecular complexity index is 1310. The van der Waals surface area contributed by atoms with Gasteiger partial charge in [-0.05, 0) is 54.3 Å². The molecule has 12 heteroatoms. The minimum absolute atomic E-state index is 0.119. The minimum Gasteiger partial charge on any atom is -0.378 e. The molecule has 2 aliphatic rings. The number of halogens is 3. The number of nitrogens with one attached hydrogen (secondary N) is 1. The summed E-state index contributed by atoms with van der Waals surface area (Å²) in [6.07, 6.45) is -1.97. The average molecular weight is 531 g/mol. The number of aryl methyl sites for hydroxylation is 2. The number of morpholine rings is 1. The number of nitrogens with zero attached hydrogens (tertiary/aromatic N) is 5. The lowest BCUT2D eigenvalue weighted by Gasteiger charge is -2.28. The maximum atomic E-state index is 12.8. The summed E-state index contributed by atoms with van der Waals surface area (Å²) >= 11 is 0. The number of carbonyl (C=O) groups is 1. The van der Waals surface area contributed by atoms with Crippen molar-refractivity contribution in [2.75, 3.05) is 49.6 Å². The molecular formula is C26H29F3N6O3. The van der Waals surface area contributed by atoms with Crippen LogP contribution in [0.2, 0.25) is 0 Å². The van der Waals surface area contributed by atoms with Crippen LogP contribution in [0.15, 0.2) is 42.7 Å².